The third kappa shape index (κ3) is 5.41. The second kappa shape index (κ2) is 10.0. The lowest BCUT2D eigenvalue weighted by atomic mass is 10.2. The quantitative estimate of drug-likeness (QED) is 0.341. The van der Waals surface area contributed by atoms with E-state index in [1.807, 2.05) is 55.5 Å². The number of para-hydroxylation sites is 1. The minimum Gasteiger partial charge on any atom is -0.490 e. The molecule has 3 aromatic carbocycles. The summed E-state index contributed by atoms with van der Waals surface area (Å²) in [5.74, 6) is 1.25. The van der Waals surface area contributed by atoms with Crippen molar-refractivity contribution in [3.63, 3.8) is 0 Å². The van der Waals surface area contributed by atoms with Crippen molar-refractivity contribution in [1.82, 2.24) is 0 Å². The van der Waals surface area contributed by atoms with Gasteiger partial charge in [0.2, 0.25) is 0 Å². The molecule has 0 amide bonds. The number of hydrogen-bond acceptors (Lipinski definition) is 4. The van der Waals surface area contributed by atoms with E-state index in [-0.39, 0.29) is 6.61 Å². The average molecular weight is 415 g/mol. The second-order valence-electron chi connectivity index (χ2n) is 5.86. The van der Waals surface area contributed by atoms with Crippen LogP contribution in [0.1, 0.15) is 18.1 Å². The van der Waals surface area contributed by atoms with Crippen molar-refractivity contribution in [3.8, 4) is 11.5 Å². The fraction of sp³-hybridized carbons (Fsp3) is 0.136. The van der Waals surface area contributed by atoms with Crippen LogP contribution in [0.3, 0.4) is 0 Å². The average Bonchev–Trinajstić information content (AvgIpc) is 2.70. The molecule has 144 valence electrons. The van der Waals surface area contributed by atoms with Gasteiger partial charge in [-0.2, -0.15) is 5.10 Å². The van der Waals surface area contributed by atoms with Gasteiger partial charge in [0, 0.05) is 15.6 Å². The zero-order valence-corrected chi connectivity index (χ0v) is 16.9. The normalized spacial score (nSPS) is 10.8. The van der Waals surface area contributed by atoms with Crippen LogP contribution in [0.2, 0.25) is 10.0 Å². The molecule has 4 nitrogen and oxygen atoms in total. The van der Waals surface area contributed by atoms with E-state index in [4.69, 9.17) is 32.7 Å². The minimum absolute atomic E-state index is 0.252. The Labute approximate surface area is 174 Å². The summed E-state index contributed by atoms with van der Waals surface area (Å²) in [6, 6.07) is 20.7. The predicted octanol–water partition coefficient (Wildman–Crippen LogP) is 6.42. The molecule has 0 radical (unpaired) electrons. The molecular formula is C22H20Cl2N2O2. The molecular weight excluding hydrogens is 395 g/mol. The van der Waals surface area contributed by atoms with Crippen molar-refractivity contribution in [2.24, 2.45) is 5.10 Å². The Morgan fingerprint density at radius 2 is 1.64 bits per heavy atom. The Morgan fingerprint density at radius 3 is 2.36 bits per heavy atom. The lowest BCUT2D eigenvalue weighted by molar-refractivity contribution is 0.269. The lowest BCUT2D eigenvalue weighted by Gasteiger charge is -2.14. The molecule has 28 heavy (non-hydrogen) atoms. The summed E-state index contributed by atoms with van der Waals surface area (Å²) in [6.07, 6.45) is 1.73. The van der Waals surface area contributed by atoms with Gasteiger partial charge in [0.1, 0.15) is 6.61 Å². The van der Waals surface area contributed by atoms with Gasteiger partial charge in [-0.25, -0.2) is 0 Å². The van der Waals surface area contributed by atoms with Crippen molar-refractivity contribution in [2.75, 3.05) is 12.0 Å². The van der Waals surface area contributed by atoms with Crippen LogP contribution in [0.4, 0.5) is 5.69 Å². The molecule has 0 saturated carbocycles. The monoisotopic (exact) mass is 414 g/mol. The Balaban J connectivity index is 1.71. The van der Waals surface area contributed by atoms with Crippen LogP contribution in [0, 0.1) is 0 Å². The number of rotatable bonds is 8. The molecule has 3 rings (SSSR count). The number of nitrogens with zero attached hydrogens (tertiary/aromatic N) is 1. The number of ether oxygens (including phenoxy) is 2. The van der Waals surface area contributed by atoms with Gasteiger partial charge in [0.25, 0.3) is 0 Å². The summed E-state index contributed by atoms with van der Waals surface area (Å²) in [7, 11) is 0. The predicted molar refractivity (Wildman–Crippen MR) is 116 cm³/mol. The standard InChI is InChI=1S/C22H20Cl2N2O2/c1-2-27-22-13-16(14-25-26-17-7-4-3-5-8-17)11-12-21(22)28-15-18-19(23)9-6-10-20(18)24/h3-14,26H,2,15H2,1H3. The molecule has 3 aromatic rings. The summed E-state index contributed by atoms with van der Waals surface area (Å²) in [5.41, 5.74) is 5.53. The number of nitrogens with one attached hydrogen (secondary N) is 1. The van der Waals surface area contributed by atoms with Crippen LogP contribution >= 0.6 is 23.2 Å². The number of hydrazone groups is 1. The van der Waals surface area contributed by atoms with Gasteiger partial charge in [-0.1, -0.05) is 47.5 Å². The topological polar surface area (TPSA) is 42.8 Å². The summed E-state index contributed by atoms with van der Waals surface area (Å²) >= 11 is 12.4. The maximum Gasteiger partial charge on any atom is 0.161 e. The first-order valence-electron chi connectivity index (χ1n) is 8.84. The first-order valence-corrected chi connectivity index (χ1v) is 9.59. The SMILES string of the molecule is CCOc1cc(C=NNc2ccccc2)ccc1OCc1c(Cl)cccc1Cl. The largest absolute Gasteiger partial charge is 0.490 e. The highest BCUT2D eigenvalue weighted by Gasteiger charge is 2.10. The Morgan fingerprint density at radius 1 is 0.893 bits per heavy atom. The van der Waals surface area contributed by atoms with E-state index in [2.05, 4.69) is 10.5 Å². The minimum atomic E-state index is 0.252. The van der Waals surface area contributed by atoms with E-state index in [9.17, 15) is 0 Å². The maximum absolute atomic E-state index is 6.21. The highest BCUT2D eigenvalue weighted by atomic mass is 35.5. The molecule has 0 bridgehead atoms. The van der Waals surface area contributed by atoms with Crippen LogP contribution in [-0.4, -0.2) is 12.8 Å². The maximum atomic E-state index is 6.21. The van der Waals surface area contributed by atoms with E-state index < -0.39 is 0 Å². The van der Waals surface area contributed by atoms with Crippen molar-refractivity contribution in [1.29, 1.82) is 0 Å². The van der Waals surface area contributed by atoms with Crippen LogP contribution in [0.5, 0.6) is 11.5 Å². The lowest BCUT2D eigenvalue weighted by Crippen LogP contribution is -2.01. The molecule has 0 fully saturated rings. The summed E-state index contributed by atoms with van der Waals surface area (Å²) in [4.78, 5) is 0. The Bertz CT molecular complexity index is 926. The van der Waals surface area contributed by atoms with Gasteiger partial charge in [0.15, 0.2) is 11.5 Å². The van der Waals surface area contributed by atoms with Gasteiger partial charge in [-0.05, 0) is 55.0 Å². The van der Waals surface area contributed by atoms with Crippen LogP contribution in [0.25, 0.3) is 0 Å². The molecule has 6 heteroatoms. The zero-order valence-electron chi connectivity index (χ0n) is 15.4. The van der Waals surface area contributed by atoms with Crippen molar-refractivity contribution >= 4 is 35.1 Å². The fourth-order valence-corrected chi connectivity index (χ4v) is 3.01. The fourth-order valence-electron chi connectivity index (χ4n) is 2.51. The van der Waals surface area contributed by atoms with Crippen molar-refractivity contribution < 1.29 is 9.47 Å². The summed E-state index contributed by atoms with van der Waals surface area (Å²) in [5, 5.41) is 5.39. The first-order chi connectivity index (χ1) is 13.7. The number of halogens is 2. The van der Waals surface area contributed by atoms with E-state index >= 15 is 0 Å². The highest BCUT2D eigenvalue weighted by Crippen LogP contribution is 2.31. The zero-order chi connectivity index (χ0) is 19.8. The van der Waals surface area contributed by atoms with Gasteiger partial charge >= 0.3 is 0 Å². The molecule has 0 atom stereocenters. The molecule has 0 aromatic heterocycles. The van der Waals surface area contributed by atoms with Crippen molar-refractivity contribution in [3.05, 3.63) is 87.9 Å². The molecule has 0 aliphatic heterocycles. The van der Waals surface area contributed by atoms with Gasteiger partial charge < -0.3 is 9.47 Å². The third-order valence-corrected chi connectivity index (χ3v) is 4.59. The van der Waals surface area contributed by atoms with E-state index in [1.54, 1.807) is 24.4 Å². The Kier molecular flexibility index (Phi) is 7.18. The highest BCUT2D eigenvalue weighted by molar-refractivity contribution is 6.35. The molecule has 0 aliphatic rings. The van der Waals surface area contributed by atoms with Gasteiger partial charge in [-0.3, -0.25) is 5.43 Å². The first kappa shape index (κ1) is 20.1. The molecule has 0 heterocycles. The summed E-state index contributed by atoms with van der Waals surface area (Å²) < 4.78 is 11.6. The number of hydrogen-bond donors (Lipinski definition) is 1. The van der Waals surface area contributed by atoms with Crippen LogP contribution in [-0.2, 0) is 6.61 Å². The Hall–Kier alpha value is -2.69. The smallest absolute Gasteiger partial charge is 0.161 e. The second-order valence-corrected chi connectivity index (χ2v) is 6.68. The summed E-state index contributed by atoms with van der Waals surface area (Å²) in [6.45, 7) is 2.69. The van der Waals surface area contributed by atoms with E-state index in [1.165, 1.54) is 0 Å². The third-order valence-electron chi connectivity index (χ3n) is 3.88. The molecule has 0 saturated heterocycles. The van der Waals surface area contributed by atoms with Crippen molar-refractivity contribution in [2.45, 2.75) is 13.5 Å². The molecule has 0 aliphatic carbocycles. The molecule has 0 spiro atoms. The molecule has 1 N–H and O–H groups in total. The number of benzene rings is 3. The van der Waals surface area contributed by atoms with Gasteiger partial charge in [-0.15, -0.1) is 0 Å². The van der Waals surface area contributed by atoms with Crippen LogP contribution < -0.4 is 14.9 Å². The molecule has 0 unspecified atom stereocenters. The number of anilines is 1. The van der Waals surface area contributed by atoms with Gasteiger partial charge in [0.05, 0.1) is 18.5 Å². The van der Waals surface area contributed by atoms with E-state index in [0.717, 1.165) is 16.8 Å². The van der Waals surface area contributed by atoms with E-state index in [0.29, 0.717) is 28.2 Å². The van der Waals surface area contributed by atoms with Crippen LogP contribution in [0.15, 0.2) is 71.8 Å².